The van der Waals surface area contributed by atoms with Gasteiger partial charge in [0.15, 0.2) is 0 Å². The molecule has 1 nitrogen and oxygen atoms in total. The normalized spacial score (nSPS) is 25.9. The third-order valence-electron chi connectivity index (χ3n) is 7.51. The molecule has 1 heterocycles. The van der Waals surface area contributed by atoms with Gasteiger partial charge in [0.2, 0.25) is 0 Å². The first-order valence-corrected chi connectivity index (χ1v) is 15.4. The number of halogens is 5. The van der Waals surface area contributed by atoms with Crippen molar-refractivity contribution in [2.24, 2.45) is 11.8 Å². The number of rotatable bonds is 7. The van der Waals surface area contributed by atoms with E-state index in [1.165, 1.54) is 74.2 Å². The average Bonchev–Trinajstić information content (AvgIpc) is 2.79. The fraction of sp³-hybridized carbons (Fsp3) is 0.538. The molecule has 2 aromatic rings. The van der Waals surface area contributed by atoms with Gasteiger partial charge in [-0.2, -0.15) is 19.9 Å². The lowest BCUT2D eigenvalue weighted by molar-refractivity contribution is -0.0498. The van der Waals surface area contributed by atoms with Crippen molar-refractivity contribution in [3.05, 3.63) is 53.6 Å². The van der Waals surface area contributed by atoms with Crippen LogP contribution in [0.1, 0.15) is 62.8 Å². The van der Waals surface area contributed by atoms with Crippen LogP contribution in [0.5, 0.6) is 5.75 Å². The molecule has 2 aromatic carbocycles. The Hall–Kier alpha value is -1.53. The van der Waals surface area contributed by atoms with Crippen molar-refractivity contribution in [2.45, 2.75) is 76.0 Å². The summed E-state index contributed by atoms with van der Waals surface area (Å²) in [7, 11) is -0.898. The highest BCUT2D eigenvalue weighted by atomic mass is 35.6. The van der Waals surface area contributed by atoms with Crippen LogP contribution in [0.4, 0.5) is 17.6 Å². The summed E-state index contributed by atoms with van der Waals surface area (Å²) in [4.78, 5) is 0. The van der Waals surface area contributed by atoms with Crippen molar-refractivity contribution in [1.29, 1.82) is 0 Å². The van der Waals surface area contributed by atoms with Crippen LogP contribution in [0.2, 0.25) is 12.1 Å². The van der Waals surface area contributed by atoms with E-state index < -0.39 is 26.4 Å². The van der Waals surface area contributed by atoms with E-state index in [2.05, 4.69) is 4.74 Å². The van der Waals surface area contributed by atoms with Gasteiger partial charge in [-0.1, -0.05) is 37.8 Å². The van der Waals surface area contributed by atoms with Crippen molar-refractivity contribution in [3.63, 3.8) is 0 Å². The lowest BCUT2D eigenvalue weighted by atomic mass is 9.76. The summed E-state index contributed by atoms with van der Waals surface area (Å²) in [5.41, 5.74) is 0.883. The second kappa shape index (κ2) is 11.3. The first-order valence-electron chi connectivity index (χ1n) is 12.1. The van der Waals surface area contributed by atoms with Gasteiger partial charge in [0.05, 0.1) is 5.56 Å². The first kappa shape index (κ1) is 24.6. The summed E-state index contributed by atoms with van der Waals surface area (Å²) in [5.74, 6) is 0.462. The van der Waals surface area contributed by atoms with Gasteiger partial charge in [0.1, 0.15) is 25.5 Å². The molecule has 0 unspecified atom stereocenters. The number of hydrogen-bond donors (Lipinski definition) is 0. The Morgan fingerprint density at radius 2 is 1.39 bits per heavy atom. The Morgan fingerprint density at radius 3 is 1.94 bits per heavy atom. The van der Waals surface area contributed by atoms with E-state index in [1.54, 1.807) is 0 Å². The third kappa shape index (κ3) is 6.53. The minimum atomic E-state index is -2.94. The number of hydrogen-bond acceptors (Lipinski definition) is 1. The molecule has 0 radical (unpaired) electrons. The van der Waals surface area contributed by atoms with Gasteiger partial charge in [0.25, 0.3) is 0 Å². The summed E-state index contributed by atoms with van der Waals surface area (Å²) >= 11 is 6.35. The number of ether oxygens (including phenoxy) is 1. The van der Waals surface area contributed by atoms with Crippen LogP contribution in [0, 0.1) is 23.5 Å². The monoisotopic (exact) mass is 498 g/mol. The van der Waals surface area contributed by atoms with E-state index in [1.807, 2.05) is 0 Å². The van der Waals surface area contributed by atoms with Gasteiger partial charge >= 0.3 is 6.61 Å². The molecule has 1 aliphatic heterocycles. The zero-order valence-electron chi connectivity index (χ0n) is 18.7. The Bertz CT molecular complexity index is 884. The molecule has 2 aliphatic rings. The molecule has 0 N–H and O–H groups in total. The standard InChI is InChI=1S/C26H31ClF4OSi/c27-33-13-11-18(12-14-33)2-1-17-3-5-19(6-4-17)21-15-23(28)25(24(29)16-21)20-7-9-22(10-8-20)32-26(30)31/h7-10,15-19,26,33H,1-6,11-14H2/t17?,18-,19?,33-. The zero-order chi connectivity index (χ0) is 23.4. The first-order chi connectivity index (χ1) is 15.9. The van der Waals surface area contributed by atoms with Gasteiger partial charge in [-0.3, -0.25) is 0 Å². The van der Waals surface area contributed by atoms with E-state index in [4.69, 9.17) is 11.1 Å². The lowest BCUT2D eigenvalue weighted by Crippen LogP contribution is -2.18. The fourth-order valence-electron chi connectivity index (χ4n) is 5.57. The molecule has 33 heavy (non-hydrogen) atoms. The minimum Gasteiger partial charge on any atom is -0.435 e. The fourth-order valence-corrected chi connectivity index (χ4v) is 8.28. The molecule has 1 aliphatic carbocycles. The van der Waals surface area contributed by atoms with E-state index in [0.717, 1.165) is 43.1 Å². The molecule has 2 fully saturated rings. The SMILES string of the molecule is Fc1cc(C2CCC(CC[C@H]3CC[Si@H](Cl)CC3)CC2)cc(F)c1-c1ccc(OC(F)F)cc1. The molecular weight excluding hydrogens is 468 g/mol. The van der Waals surface area contributed by atoms with Gasteiger partial charge in [0, 0.05) is 0 Å². The second-order valence-corrected chi connectivity index (χ2v) is 13.9. The van der Waals surface area contributed by atoms with Crippen LogP contribution in [0.25, 0.3) is 11.1 Å². The number of benzene rings is 2. The highest BCUT2D eigenvalue weighted by molar-refractivity contribution is 7.07. The third-order valence-corrected chi connectivity index (χ3v) is 10.7. The summed E-state index contributed by atoms with van der Waals surface area (Å²) in [6.45, 7) is -2.94. The van der Waals surface area contributed by atoms with Crippen LogP contribution >= 0.6 is 11.1 Å². The van der Waals surface area contributed by atoms with E-state index >= 15 is 0 Å². The maximum atomic E-state index is 14.9. The topological polar surface area (TPSA) is 9.23 Å². The van der Waals surface area contributed by atoms with E-state index in [-0.39, 0.29) is 17.2 Å². The largest absolute Gasteiger partial charge is 0.435 e. The molecule has 7 heteroatoms. The average molecular weight is 499 g/mol. The molecule has 180 valence electrons. The van der Waals surface area contributed by atoms with Crippen LogP contribution < -0.4 is 4.74 Å². The molecule has 0 aromatic heterocycles. The molecular formula is C26H31ClF4OSi. The molecule has 0 amide bonds. The molecule has 4 rings (SSSR count). The van der Waals surface area contributed by atoms with Gasteiger partial charge < -0.3 is 4.74 Å². The predicted molar refractivity (Wildman–Crippen MR) is 128 cm³/mol. The van der Waals surface area contributed by atoms with Crippen molar-refractivity contribution in [2.75, 3.05) is 0 Å². The zero-order valence-corrected chi connectivity index (χ0v) is 20.6. The van der Waals surface area contributed by atoms with Crippen LogP contribution in [-0.4, -0.2) is 14.7 Å². The molecule has 1 saturated heterocycles. The Balaban J connectivity index is 1.34. The minimum absolute atomic E-state index is 0.0449. The predicted octanol–water partition coefficient (Wildman–Crippen LogP) is 8.66. The highest BCUT2D eigenvalue weighted by Crippen LogP contribution is 2.41. The summed E-state index contributed by atoms with van der Waals surface area (Å²) in [6.07, 6.45) is 9.33. The maximum absolute atomic E-state index is 14.9. The van der Waals surface area contributed by atoms with Crippen LogP contribution in [-0.2, 0) is 0 Å². The summed E-state index contributed by atoms with van der Waals surface area (Å²) < 4.78 is 58.7. The Morgan fingerprint density at radius 1 is 0.848 bits per heavy atom. The smallest absolute Gasteiger partial charge is 0.387 e. The van der Waals surface area contributed by atoms with E-state index in [0.29, 0.717) is 5.56 Å². The molecule has 0 bridgehead atoms. The second-order valence-electron chi connectivity index (χ2n) is 9.68. The molecule has 0 spiro atoms. The highest BCUT2D eigenvalue weighted by Gasteiger charge is 2.26. The Kier molecular flexibility index (Phi) is 8.39. The lowest BCUT2D eigenvalue weighted by Gasteiger charge is -2.31. The van der Waals surface area contributed by atoms with Crippen molar-refractivity contribution >= 4 is 19.2 Å². The molecule has 1 saturated carbocycles. The van der Waals surface area contributed by atoms with Gasteiger partial charge in [-0.15, -0.1) is 0 Å². The quantitative estimate of drug-likeness (QED) is 0.211. The van der Waals surface area contributed by atoms with Gasteiger partial charge in [-0.05, 0) is 90.9 Å². The van der Waals surface area contributed by atoms with Crippen molar-refractivity contribution < 1.29 is 22.3 Å². The van der Waals surface area contributed by atoms with Crippen LogP contribution in [0.3, 0.4) is 0 Å². The summed E-state index contributed by atoms with van der Waals surface area (Å²) in [5, 5.41) is 0. The molecule has 0 atom stereocenters. The van der Waals surface area contributed by atoms with Crippen molar-refractivity contribution in [1.82, 2.24) is 0 Å². The number of alkyl halides is 2. The Labute approximate surface area is 199 Å². The summed E-state index contributed by atoms with van der Waals surface area (Å²) in [6, 6.07) is 10.8. The van der Waals surface area contributed by atoms with E-state index in [9.17, 15) is 17.6 Å². The van der Waals surface area contributed by atoms with Crippen LogP contribution in [0.15, 0.2) is 36.4 Å². The maximum Gasteiger partial charge on any atom is 0.387 e. The van der Waals surface area contributed by atoms with Gasteiger partial charge in [-0.25, -0.2) is 8.78 Å². The van der Waals surface area contributed by atoms with Crippen molar-refractivity contribution in [3.8, 4) is 16.9 Å².